The van der Waals surface area contributed by atoms with Crippen molar-refractivity contribution in [3.8, 4) is 0 Å². The second-order valence-corrected chi connectivity index (χ2v) is 6.77. The average molecular weight is 344 g/mol. The summed E-state index contributed by atoms with van der Waals surface area (Å²) in [7, 11) is -3.90. The van der Waals surface area contributed by atoms with Gasteiger partial charge in [-0.1, -0.05) is 53.5 Å². The Labute approximate surface area is 132 Å². The number of ketones is 1. The molecular formula is C14H11Cl2NO3S. The number of sulfonamides is 1. The summed E-state index contributed by atoms with van der Waals surface area (Å²) < 4.78 is 26.5. The van der Waals surface area contributed by atoms with E-state index in [0.717, 1.165) is 0 Å². The Morgan fingerprint density at radius 2 is 1.71 bits per heavy atom. The highest BCUT2D eigenvalue weighted by Gasteiger charge is 2.19. The SMILES string of the molecule is O=C(CNS(=O)(=O)c1cc(Cl)ccc1Cl)c1ccccc1. The first-order valence-corrected chi connectivity index (χ1v) is 8.17. The van der Waals surface area contributed by atoms with E-state index in [2.05, 4.69) is 4.72 Å². The molecule has 0 aliphatic rings. The summed E-state index contributed by atoms with van der Waals surface area (Å²) in [5.41, 5.74) is 0.428. The van der Waals surface area contributed by atoms with Crippen molar-refractivity contribution in [2.45, 2.75) is 4.90 Å². The van der Waals surface area contributed by atoms with Crippen LogP contribution in [0.15, 0.2) is 53.4 Å². The molecule has 0 aliphatic heterocycles. The van der Waals surface area contributed by atoms with Gasteiger partial charge in [-0.15, -0.1) is 0 Å². The van der Waals surface area contributed by atoms with Crippen LogP contribution >= 0.6 is 23.2 Å². The van der Waals surface area contributed by atoms with Crippen LogP contribution in [0, 0.1) is 0 Å². The molecular weight excluding hydrogens is 333 g/mol. The second-order valence-electron chi connectivity index (χ2n) is 4.19. The van der Waals surface area contributed by atoms with Crippen LogP contribution in [0.2, 0.25) is 10.0 Å². The van der Waals surface area contributed by atoms with E-state index in [1.807, 2.05) is 0 Å². The Balaban J connectivity index is 2.15. The van der Waals surface area contributed by atoms with E-state index in [1.54, 1.807) is 30.3 Å². The number of benzene rings is 2. The van der Waals surface area contributed by atoms with E-state index in [1.165, 1.54) is 18.2 Å². The number of hydrogen-bond donors (Lipinski definition) is 1. The third-order valence-electron chi connectivity index (χ3n) is 2.70. The van der Waals surface area contributed by atoms with Crippen molar-refractivity contribution < 1.29 is 13.2 Å². The molecule has 0 atom stereocenters. The molecule has 0 unspecified atom stereocenters. The van der Waals surface area contributed by atoms with Crippen LogP contribution in [0.5, 0.6) is 0 Å². The summed E-state index contributed by atoms with van der Waals surface area (Å²) >= 11 is 11.6. The Hall–Kier alpha value is -1.40. The van der Waals surface area contributed by atoms with Crippen LogP contribution in [0.25, 0.3) is 0 Å². The van der Waals surface area contributed by atoms with Crippen molar-refractivity contribution in [2.75, 3.05) is 6.54 Å². The first kappa shape index (κ1) is 16.0. The van der Waals surface area contributed by atoms with Crippen LogP contribution in [0.4, 0.5) is 0 Å². The molecule has 0 saturated carbocycles. The van der Waals surface area contributed by atoms with Crippen LogP contribution < -0.4 is 4.72 Å². The topological polar surface area (TPSA) is 63.2 Å². The van der Waals surface area contributed by atoms with E-state index in [0.29, 0.717) is 5.56 Å². The van der Waals surface area contributed by atoms with Crippen molar-refractivity contribution in [3.63, 3.8) is 0 Å². The maximum Gasteiger partial charge on any atom is 0.242 e. The highest BCUT2D eigenvalue weighted by atomic mass is 35.5. The third kappa shape index (κ3) is 4.04. The van der Waals surface area contributed by atoms with Crippen molar-refractivity contribution in [1.29, 1.82) is 0 Å². The number of Topliss-reactive ketones (excluding diaryl/α,β-unsaturated/α-hetero) is 1. The van der Waals surface area contributed by atoms with E-state index in [9.17, 15) is 13.2 Å². The predicted molar refractivity (Wildman–Crippen MR) is 82.4 cm³/mol. The normalized spacial score (nSPS) is 11.3. The maximum absolute atomic E-state index is 12.1. The molecule has 0 amide bonds. The van der Waals surface area contributed by atoms with Gasteiger partial charge in [0.2, 0.25) is 10.0 Å². The van der Waals surface area contributed by atoms with Crippen LogP contribution in [0.3, 0.4) is 0 Å². The zero-order valence-corrected chi connectivity index (χ0v) is 13.0. The van der Waals surface area contributed by atoms with Gasteiger partial charge in [-0.2, -0.15) is 0 Å². The molecule has 0 bridgehead atoms. The molecule has 2 aromatic rings. The molecule has 1 N–H and O–H groups in total. The highest BCUT2D eigenvalue weighted by Crippen LogP contribution is 2.24. The number of rotatable bonds is 5. The summed E-state index contributed by atoms with van der Waals surface area (Å²) in [6, 6.07) is 12.5. The van der Waals surface area contributed by atoms with Gasteiger partial charge >= 0.3 is 0 Å². The van der Waals surface area contributed by atoms with Gasteiger partial charge in [0.05, 0.1) is 11.6 Å². The largest absolute Gasteiger partial charge is 0.293 e. The molecule has 0 aromatic heterocycles. The van der Waals surface area contributed by atoms with Crippen LogP contribution in [-0.4, -0.2) is 20.7 Å². The van der Waals surface area contributed by atoms with Gasteiger partial charge in [0.15, 0.2) is 5.78 Å². The van der Waals surface area contributed by atoms with Crippen LogP contribution in [-0.2, 0) is 10.0 Å². The number of carbonyl (C=O) groups excluding carboxylic acids is 1. The van der Waals surface area contributed by atoms with E-state index < -0.39 is 10.0 Å². The number of carbonyl (C=O) groups is 1. The predicted octanol–water partition coefficient (Wildman–Crippen LogP) is 3.15. The number of hydrogen-bond acceptors (Lipinski definition) is 3. The molecule has 2 aromatic carbocycles. The third-order valence-corrected chi connectivity index (χ3v) is 4.82. The standard InChI is InChI=1S/C14H11Cl2NO3S/c15-11-6-7-12(16)14(8-11)21(19,20)17-9-13(18)10-4-2-1-3-5-10/h1-8,17H,9H2. The van der Waals surface area contributed by atoms with Crippen molar-refractivity contribution >= 4 is 39.0 Å². The van der Waals surface area contributed by atoms with Gasteiger partial charge in [0.1, 0.15) is 4.90 Å². The summed E-state index contributed by atoms with van der Waals surface area (Å²) in [5, 5.41) is 0.285. The van der Waals surface area contributed by atoms with Gasteiger partial charge in [-0.25, -0.2) is 13.1 Å². The minimum Gasteiger partial charge on any atom is -0.293 e. The van der Waals surface area contributed by atoms with Gasteiger partial charge in [-0.05, 0) is 18.2 Å². The van der Waals surface area contributed by atoms with Gasteiger partial charge in [0, 0.05) is 10.6 Å². The molecule has 4 nitrogen and oxygen atoms in total. The summed E-state index contributed by atoms with van der Waals surface area (Å²) in [5.74, 6) is -0.336. The summed E-state index contributed by atoms with van der Waals surface area (Å²) in [6.07, 6.45) is 0. The minimum absolute atomic E-state index is 0.0408. The molecule has 2 rings (SSSR count). The fourth-order valence-corrected chi connectivity index (χ4v) is 3.39. The van der Waals surface area contributed by atoms with Crippen molar-refractivity contribution in [1.82, 2.24) is 4.72 Å². The fourth-order valence-electron chi connectivity index (χ4n) is 1.65. The quantitative estimate of drug-likeness (QED) is 0.848. The van der Waals surface area contributed by atoms with E-state index in [-0.39, 0.29) is 27.3 Å². The van der Waals surface area contributed by atoms with Crippen molar-refractivity contribution in [3.05, 3.63) is 64.1 Å². The fraction of sp³-hybridized carbons (Fsp3) is 0.0714. The molecule has 110 valence electrons. The van der Waals surface area contributed by atoms with Crippen molar-refractivity contribution in [2.24, 2.45) is 0 Å². The maximum atomic E-state index is 12.1. The van der Waals surface area contributed by atoms with Gasteiger partial charge in [-0.3, -0.25) is 4.79 Å². The molecule has 21 heavy (non-hydrogen) atoms. The molecule has 0 fully saturated rings. The van der Waals surface area contributed by atoms with E-state index in [4.69, 9.17) is 23.2 Å². The zero-order chi connectivity index (χ0) is 15.5. The van der Waals surface area contributed by atoms with Gasteiger partial charge in [0.25, 0.3) is 0 Å². The average Bonchev–Trinajstić information content (AvgIpc) is 2.48. The minimum atomic E-state index is -3.90. The first-order valence-electron chi connectivity index (χ1n) is 5.93. The van der Waals surface area contributed by atoms with Crippen LogP contribution in [0.1, 0.15) is 10.4 Å². The zero-order valence-electron chi connectivity index (χ0n) is 10.7. The summed E-state index contributed by atoms with van der Waals surface area (Å²) in [4.78, 5) is 11.7. The smallest absolute Gasteiger partial charge is 0.242 e. The lowest BCUT2D eigenvalue weighted by molar-refractivity contribution is 0.0997. The molecule has 0 aliphatic carbocycles. The number of nitrogens with one attached hydrogen (secondary N) is 1. The first-order chi connectivity index (χ1) is 9.90. The monoisotopic (exact) mass is 343 g/mol. The molecule has 0 radical (unpaired) electrons. The molecule has 7 heteroatoms. The highest BCUT2D eigenvalue weighted by molar-refractivity contribution is 7.89. The second kappa shape index (κ2) is 6.58. The Morgan fingerprint density at radius 3 is 2.38 bits per heavy atom. The lowest BCUT2D eigenvalue weighted by Crippen LogP contribution is -2.29. The Morgan fingerprint density at radius 1 is 1.05 bits per heavy atom. The Kier molecular flexibility index (Phi) is 5.00. The van der Waals surface area contributed by atoms with E-state index >= 15 is 0 Å². The molecule has 0 spiro atoms. The number of halogens is 2. The lowest BCUT2D eigenvalue weighted by atomic mass is 10.1. The molecule has 0 saturated heterocycles. The lowest BCUT2D eigenvalue weighted by Gasteiger charge is -2.08. The Bertz CT molecular complexity index is 761. The van der Waals surface area contributed by atoms with Gasteiger partial charge < -0.3 is 0 Å². The molecule has 0 heterocycles. The summed E-state index contributed by atoms with van der Waals surface area (Å²) in [6.45, 7) is -0.352.